The number of anilines is 1. The van der Waals surface area contributed by atoms with Gasteiger partial charge in [-0.2, -0.15) is 0 Å². The van der Waals surface area contributed by atoms with E-state index in [0.717, 1.165) is 30.0 Å². The van der Waals surface area contributed by atoms with Crippen molar-refractivity contribution in [2.45, 2.75) is 44.5 Å². The summed E-state index contributed by atoms with van der Waals surface area (Å²) >= 11 is 1.63. The average molecular weight is 356 g/mol. The van der Waals surface area contributed by atoms with Crippen LogP contribution in [0.2, 0.25) is 0 Å². The van der Waals surface area contributed by atoms with E-state index in [1.807, 2.05) is 24.3 Å². The Morgan fingerprint density at radius 3 is 2.64 bits per heavy atom. The average Bonchev–Trinajstić information content (AvgIpc) is 3.10. The number of carbonyl (C=O) groups excluding carboxylic acids is 1. The van der Waals surface area contributed by atoms with Crippen LogP contribution in [0, 0.1) is 6.92 Å². The highest BCUT2D eigenvalue weighted by Gasteiger charge is 2.16. The Kier molecular flexibility index (Phi) is 6.40. The van der Waals surface area contributed by atoms with Crippen LogP contribution in [0.1, 0.15) is 36.8 Å². The molecule has 132 valence electrons. The number of thioether (sulfide) groups is 1. The van der Waals surface area contributed by atoms with Crippen molar-refractivity contribution in [2.75, 3.05) is 11.1 Å². The quantitative estimate of drug-likeness (QED) is 0.743. The van der Waals surface area contributed by atoms with Gasteiger partial charge in [-0.25, -0.2) is 0 Å². The van der Waals surface area contributed by atoms with E-state index in [-0.39, 0.29) is 5.91 Å². The van der Waals surface area contributed by atoms with Crippen LogP contribution in [-0.2, 0) is 10.5 Å². The molecule has 0 spiro atoms. The molecule has 4 heteroatoms. The Labute approximate surface area is 154 Å². The standard InChI is InChI=1S/C21H25NO2S/c1-16-5-4-6-17(13-16)14-25-15-21(23)22-18-9-11-20(12-10-18)24-19-7-2-3-8-19/h4-6,9-13,19H,2-3,7-8,14-15H2,1H3,(H,22,23). The third-order valence-electron chi connectivity index (χ3n) is 4.33. The topological polar surface area (TPSA) is 38.3 Å². The van der Waals surface area contributed by atoms with Gasteiger partial charge in [-0.15, -0.1) is 11.8 Å². The number of carbonyl (C=O) groups is 1. The lowest BCUT2D eigenvalue weighted by Crippen LogP contribution is -2.14. The largest absolute Gasteiger partial charge is 0.490 e. The summed E-state index contributed by atoms with van der Waals surface area (Å²) in [5.41, 5.74) is 3.33. The number of benzene rings is 2. The fraction of sp³-hybridized carbons (Fsp3) is 0.381. The first-order chi connectivity index (χ1) is 12.2. The molecule has 1 aliphatic carbocycles. The number of ether oxygens (including phenoxy) is 1. The van der Waals surface area contributed by atoms with E-state index in [2.05, 4.69) is 36.5 Å². The molecule has 0 unspecified atom stereocenters. The summed E-state index contributed by atoms with van der Waals surface area (Å²) in [6.07, 6.45) is 5.18. The molecule has 0 aromatic heterocycles. The van der Waals surface area contributed by atoms with Gasteiger partial charge < -0.3 is 10.1 Å². The number of hydrogen-bond acceptors (Lipinski definition) is 3. The van der Waals surface area contributed by atoms with Crippen LogP contribution in [0.15, 0.2) is 48.5 Å². The molecule has 1 saturated carbocycles. The lowest BCUT2D eigenvalue weighted by atomic mass is 10.2. The van der Waals surface area contributed by atoms with Crippen LogP contribution < -0.4 is 10.1 Å². The fourth-order valence-corrected chi connectivity index (χ4v) is 3.85. The van der Waals surface area contributed by atoms with Crippen molar-refractivity contribution in [3.05, 3.63) is 59.7 Å². The summed E-state index contributed by atoms with van der Waals surface area (Å²) in [5.74, 6) is 2.22. The maximum absolute atomic E-state index is 12.1. The van der Waals surface area contributed by atoms with Crippen LogP contribution in [0.3, 0.4) is 0 Å². The molecule has 1 fully saturated rings. The van der Waals surface area contributed by atoms with Gasteiger partial charge in [0.15, 0.2) is 0 Å². The second-order valence-electron chi connectivity index (χ2n) is 6.58. The molecule has 0 radical (unpaired) electrons. The number of hydrogen-bond donors (Lipinski definition) is 1. The summed E-state index contributed by atoms with van der Waals surface area (Å²) < 4.78 is 5.94. The predicted octanol–water partition coefficient (Wildman–Crippen LogP) is 5.19. The zero-order valence-electron chi connectivity index (χ0n) is 14.7. The molecule has 1 N–H and O–H groups in total. The zero-order valence-corrected chi connectivity index (χ0v) is 15.5. The van der Waals surface area contributed by atoms with E-state index in [0.29, 0.717) is 11.9 Å². The molecule has 1 aliphatic rings. The van der Waals surface area contributed by atoms with Crippen LogP contribution in [0.25, 0.3) is 0 Å². The Bertz CT molecular complexity index is 693. The minimum Gasteiger partial charge on any atom is -0.490 e. The summed E-state index contributed by atoms with van der Waals surface area (Å²) in [6.45, 7) is 2.08. The number of aryl methyl sites for hydroxylation is 1. The highest BCUT2D eigenvalue weighted by atomic mass is 32.2. The van der Waals surface area contributed by atoms with Gasteiger partial charge in [0, 0.05) is 11.4 Å². The molecule has 25 heavy (non-hydrogen) atoms. The first kappa shape index (κ1) is 17.9. The fourth-order valence-electron chi connectivity index (χ4n) is 3.08. The highest BCUT2D eigenvalue weighted by Crippen LogP contribution is 2.25. The Hall–Kier alpha value is -1.94. The maximum Gasteiger partial charge on any atom is 0.234 e. The van der Waals surface area contributed by atoms with Crippen molar-refractivity contribution in [3.63, 3.8) is 0 Å². The molecule has 0 heterocycles. The van der Waals surface area contributed by atoms with E-state index in [1.165, 1.54) is 24.0 Å². The molecular formula is C21H25NO2S. The minimum absolute atomic E-state index is 0.0297. The van der Waals surface area contributed by atoms with E-state index in [4.69, 9.17) is 4.74 Å². The number of rotatable bonds is 7. The molecular weight excluding hydrogens is 330 g/mol. The van der Waals surface area contributed by atoms with Gasteiger partial charge in [-0.05, 0) is 62.4 Å². The molecule has 0 aliphatic heterocycles. The van der Waals surface area contributed by atoms with Crippen molar-refractivity contribution < 1.29 is 9.53 Å². The van der Waals surface area contributed by atoms with Crippen molar-refractivity contribution >= 4 is 23.4 Å². The molecule has 1 amide bonds. The smallest absolute Gasteiger partial charge is 0.234 e. The van der Waals surface area contributed by atoms with Gasteiger partial charge in [0.25, 0.3) is 0 Å². The lowest BCUT2D eigenvalue weighted by Gasteiger charge is -2.13. The molecule has 0 bridgehead atoms. The van der Waals surface area contributed by atoms with E-state index < -0.39 is 0 Å². The first-order valence-electron chi connectivity index (χ1n) is 8.89. The van der Waals surface area contributed by atoms with Gasteiger partial charge in [0.05, 0.1) is 11.9 Å². The van der Waals surface area contributed by atoms with Crippen molar-refractivity contribution in [3.8, 4) is 5.75 Å². The van der Waals surface area contributed by atoms with Crippen LogP contribution in [-0.4, -0.2) is 17.8 Å². The number of nitrogens with one attached hydrogen (secondary N) is 1. The molecule has 0 atom stereocenters. The Morgan fingerprint density at radius 2 is 1.92 bits per heavy atom. The second kappa shape index (κ2) is 8.95. The zero-order chi connectivity index (χ0) is 17.5. The molecule has 2 aromatic carbocycles. The first-order valence-corrected chi connectivity index (χ1v) is 10.0. The Morgan fingerprint density at radius 1 is 1.16 bits per heavy atom. The monoisotopic (exact) mass is 355 g/mol. The molecule has 3 rings (SSSR count). The molecule has 3 nitrogen and oxygen atoms in total. The van der Waals surface area contributed by atoms with Crippen molar-refractivity contribution in [1.29, 1.82) is 0 Å². The molecule has 0 saturated heterocycles. The summed E-state index contributed by atoms with van der Waals surface area (Å²) in [6, 6.07) is 16.1. The third kappa shape index (κ3) is 5.82. The summed E-state index contributed by atoms with van der Waals surface area (Å²) in [5, 5.41) is 2.95. The van der Waals surface area contributed by atoms with Gasteiger partial charge in [0.2, 0.25) is 5.91 Å². The number of amides is 1. The second-order valence-corrected chi connectivity index (χ2v) is 7.56. The van der Waals surface area contributed by atoms with Gasteiger partial charge in [0.1, 0.15) is 5.75 Å². The summed E-state index contributed by atoms with van der Waals surface area (Å²) in [4.78, 5) is 12.1. The van der Waals surface area contributed by atoms with Gasteiger partial charge >= 0.3 is 0 Å². The Balaban J connectivity index is 1.41. The third-order valence-corrected chi connectivity index (χ3v) is 5.33. The van der Waals surface area contributed by atoms with E-state index in [9.17, 15) is 4.79 Å². The van der Waals surface area contributed by atoms with Crippen molar-refractivity contribution in [2.24, 2.45) is 0 Å². The highest BCUT2D eigenvalue weighted by molar-refractivity contribution is 7.99. The predicted molar refractivity (Wildman–Crippen MR) is 105 cm³/mol. The summed E-state index contributed by atoms with van der Waals surface area (Å²) in [7, 11) is 0. The van der Waals surface area contributed by atoms with Crippen molar-refractivity contribution in [1.82, 2.24) is 0 Å². The van der Waals surface area contributed by atoms with Gasteiger partial charge in [-0.1, -0.05) is 29.8 Å². The van der Waals surface area contributed by atoms with E-state index in [1.54, 1.807) is 11.8 Å². The molecule has 2 aromatic rings. The lowest BCUT2D eigenvalue weighted by molar-refractivity contribution is -0.113. The minimum atomic E-state index is 0.0297. The maximum atomic E-state index is 12.1. The van der Waals surface area contributed by atoms with Gasteiger partial charge in [-0.3, -0.25) is 4.79 Å². The van der Waals surface area contributed by atoms with Crippen LogP contribution >= 0.6 is 11.8 Å². The SMILES string of the molecule is Cc1cccc(CSCC(=O)Nc2ccc(OC3CCCC3)cc2)c1. The van der Waals surface area contributed by atoms with Crippen LogP contribution in [0.5, 0.6) is 5.75 Å². The van der Waals surface area contributed by atoms with Crippen LogP contribution in [0.4, 0.5) is 5.69 Å². The van der Waals surface area contributed by atoms with E-state index >= 15 is 0 Å². The normalized spacial score (nSPS) is 14.4.